The van der Waals surface area contributed by atoms with Crippen LogP contribution in [0.5, 0.6) is 0 Å². The van der Waals surface area contributed by atoms with E-state index in [4.69, 9.17) is 28.4 Å². The number of hydrogen-bond acceptors (Lipinski definition) is 12. The van der Waals surface area contributed by atoms with Crippen molar-refractivity contribution in [3.63, 3.8) is 0 Å². The van der Waals surface area contributed by atoms with Crippen LogP contribution in [0, 0.1) is 0 Å². The van der Waals surface area contributed by atoms with Gasteiger partial charge in [0, 0.05) is 65.2 Å². The monoisotopic (exact) mass is 804 g/mol. The normalized spacial score (nSPS) is 27.7. The van der Waals surface area contributed by atoms with E-state index in [2.05, 4.69) is 21.9 Å². The minimum absolute atomic E-state index is 0.0297. The van der Waals surface area contributed by atoms with Gasteiger partial charge < -0.3 is 38.2 Å². The summed E-state index contributed by atoms with van der Waals surface area (Å²) in [5.41, 5.74) is 4.60. The average molecular weight is 805 g/mol. The van der Waals surface area contributed by atoms with Crippen LogP contribution in [0.15, 0.2) is 36.4 Å². The summed E-state index contributed by atoms with van der Waals surface area (Å²) in [4.78, 5) is 57.2. The zero-order valence-electron chi connectivity index (χ0n) is 35.3. The molecule has 0 aliphatic carbocycles. The molecule has 14 nitrogen and oxygen atoms in total. The molecule has 0 saturated carbocycles. The van der Waals surface area contributed by atoms with Crippen LogP contribution in [-0.4, -0.2) is 145 Å². The van der Waals surface area contributed by atoms with Gasteiger partial charge >= 0.3 is 24.1 Å². The van der Waals surface area contributed by atoms with Crippen molar-refractivity contribution < 1.29 is 47.6 Å². The number of nitrogens with zero attached hydrogens (tertiary/aromatic N) is 4. The third-order valence-corrected chi connectivity index (χ3v) is 11.4. The third kappa shape index (κ3) is 9.95. The van der Waals surface area contributed by atoms with Crippen LogP contribution < -0.4 is 0 Å². The smallest absolute Gasteiger partial charge is 0.410 e. The molecule has 0 bridgehead atoms. The second-order valence-corrected chi connectivity index (χ2v) is 18.5. The van der Waals surface area contributed by atoms with Gasteiger partial charge in [0.25, 0.3) is 0 Å². The molecule has 6 heterocycles. The summed E-state index contributed by atoms with van der Waals surface area (Å²) in [6, 6.07) is 12.2. The molecule has 4 saturated heterocycles. The molecule has 4 fully saturated rings. The van der Waals surface area contributed by atoms with Gasteiger partial charge in [-0.25, -0.2) is 19.2 Å². The number of rotatable bonds is 2. The zero-order valence-corrected chi connectivity index (χ0v) is 35.3. The number of cyclic esters (lactones) is 2. The van der Waals surface area contributed by atoms with Crippen LogP contribution in [0.3, 0.4) is 0 Å². The van der Waals surface area contributed by atoms with E-state index >= 15 is 0 Å². The number of hydrogen-bond donors (Lipinski definition) is 0. The number of piperazine rings is 2. The predicted molar refractivity (Wildman–Crippen MR) is 214 cm³/mol. The lowest BCUT2D eigenvalue weighted by Crippen LogP contribution is -2.60. The standard InChI is InChI=1S/2C22H30N2O5/c2*1-14-9-16-10-15(5-6-18(16)20(25)28-14)19-12-23-7-8-24(11-17(23)13-27-19)21(26)29-22(2,3)4/h2*5-6,10,14,17,19H,7-9,11-13H2,1-4H3/t14-,17+,19+;14-,17+,19-/m00/s1. The number of esters is 2. The van der Waals surface area contributed by atoms with E-state index < -0.39 is 11.2 Å². The molecule has 2 amide bonds. The molecule has 0 N–H and O–H groups in total. The van der Waals surface area contributed by atoms with Gasteiger partial charge in [0.05, 0.1) is 48.6 Å². The molecule has 58 heavy (non-hydrogen) atoms. The van der Waals surface area contributed by atoms with Gasteiger partial charge in [-0.2, -0.15) is 0 Å². The van der Waals surface area contributed by atoms with Crippen LogP contribution in [-0.2, 0) is 41.3 Å². The Bertz CT molecular complexity index is 1740. The Morgan fingerprint density at radius 3 is 1.38 bits per heavy atom. The number of fused-ring (bicyclic) bond motifs is 4. The van der Waals surface area contributed by atoms with Gasteiger partial charge in [0.15, 0.2) is 0 Å². The largest absolute Gasteiger partial charge is 0.459 e. The number of benzene rings is 2. The molecule has 6 aliphatic heterocycles. The Kier molecular flexibility index (Phi) is 12.1. The molecule has 0 radical (unpaired) electrons. The summed E-state index contributed by atoms with van der Waals surface area (Å²) < 4.78 is 34.0. The van der Waals surface area contributed by atoms with Crippen LogP contribution in [0.2, 0.25) is 0 Å². The van der Waals surface area contributed by atoms with E-state index in [1.807, 2.05) is 79.7 Å². The van der Waals surface area contributed by atoms with Crippen LogP contribution >= 0.6 is 0 Å². The van der Waals surface area contributed by atoms with Crippen molar-refractivity contribution in [1.29, 1.82) is 0 Å². The fraction of sp³-hybridized carbons (Fsp3) is 0.636. The first-order valence-corrected chi connectivity index (χ1v) is 20.7. The van der Waals surface area contributed by atoms with Gasteiger partial charge in [-0.3, -0.25) is 9.80 Å². The highest BCUT2D eigenvalue weighted by Crippen LogP contribution is 2.33. The van der Waals surface area contributed by atoms with E-state index in [0.29, 0.717) is 50.5 Å². The summed E-state index contributed by atoms with van der Waals surface area (Å²) in [7, 11) is 0. The quantitative estimate of drug-likeness (QED) is 0.278. The lowest BCUT2D eigenvalue weighted by atomic mass is 9.94. The fourth-order valence-corrected chi connectivity index (χ4v) is 8.52. The maximum Gasteiger partial charge on any atom is 0.410 e. The van der Waals surface area contributed by atoms with Crippen molar-refractivity contribution in [2.24, 2.45) is 0 Å². The van der Waals surface area contributed by atoms with Crippen molar-refractivity contribution in [1.82, 2.24) is 19.6 Å². The van der Waals surface area contributed by atoms with Gasteiger partial charge in [-0.15, -0.1) is 0 Å². The van der Waals surface area contributed by atoms with Crippen molar-refractivity contribution in [3.05, 3.63) is 69.8 Å². The summed E-state index contributed by atoms with van der Waals surface area (Å²) >= 11 is 0. The predicted octanol–water partition coefficient (Wildman–Crippen LogP) is 5.56. The molecule has 2 aromatic carbocycles. The number of amides is 2. The molecule has 0 aromatic heterocycles. The highest BCUT2D eigenvalue weighted by atomic mass is 16.6. The van der Waals surface area contributed by atoms with Crippen LogP contribution in [0.25, 0.3) is 0 Å². The highest BCUT2D eigenvalue weighted by Gasteiger charge is 2.39. The van der Waals surface area contributed by atoms with Gasteiger partial charge in [-0.05, 0) is 89.8 Å². The van der Waals surface area contributed by atoms with E-state index in [1.54, 1.807) is 9.80 Å². The fourth-order valence-electron chi connectivity index (χ4n) is 8.52. The van der Waals surface area contributed by atoms with Crippen molar-refractivity contribution in [3.8, 4) is 0 Å². The molecular formula is C44H60N4O10. The van der Waals surface area contributed by atoms with Crippen LogP contribution in [0.1, 0.15) is 111 Å². The summed E-state index contributed by atoms with van der Waals surface area (Å²) in [6.45, 7) is 22.0. The Morgan fingerprint density at radius 1 is 0.603 bits per heavy atom. The first-order valence-electron chi connectivity index (χ1n) is 20.7. The van der Waals surface area contributed by atoms with E-state index in [1.165, 1.54) is 0 Å². The summed E-state index contributed by atoms with van der Waals surface area (Å²) in [6.07, 6.45) is 0.712. The minimum Gasteiger partial charge on any atom is -0.459 e. The molecule has 2 aromatic rings. The van der Waals surface area contributed by atoms with Gasteiger partial charge in [0.1, 0.15) is 23.4 Å². The molecule has 6 aliphatic rings. The van der Waals surface area contributed by atoms with Gasteiger partial charge in [0.2, 0.25) is 0 Å². The molecular weight excluding hydrogens is 745 g/mol. The topological polar surface area (TPSA) is 137 Å². The molecule has 316 valence electrons. The van der Waals surface area contributed by atoms with Gasteiger partial charge in [-0.1, -0.05) is 24.3 Å². The molecule has 0 spiro atoms. The lowest BCUT2D eigenvalue weighted by molar-refractivity contribution is -0.0908. The zero-order chi connectivity index (χ0) is 41.5. The number of carbonyl (C=O) groups excluding carboxylic acids is 4. The molecule has 8 rings (SSSR count). The van der Waals surface area contributed by atoms with Crippen molar-refractivity contribution in [2.75, 3.05) is 65.6 Å². The lowest BCUT2D eigenvalue weighted by Gasteiger charge is -2.46. The second kappa shape index (κ2) is 16.8. The Morgan fingerprint density at radius 2 is 1.00 bits per heavy atom. The third-order valence-electron chi connectivity index (χ3n) is 11.4. The molecule has 0 unspecified atom stereocenters. The van der Waals surface area contributed by atoms with Crippen LogP contribution in [0.4, 0.5) is 9.59 Å². The van der Waals surface area contributed by atoms with Crippen molar-refractivity contribution in [2.45, 2.75) is 116 Å². The minimum atomic E-state index is -0.487. The average Bonchev–Trinajstić information content (AvgIpc) is 3.15. The molecule has 6 atom stereocenters. The maximum absolute atomic E-state index is 12.4. The number of carbonyl (C=O) groups is 4. The number of ether oxygens (including phenoxy) is 6. The second-order valence-electron chi connectivity index (χ2n) is 18.5. The van der Waals surface area contributed by atoms with E-state index in [9.17, 15) is 19.2 Å². The Labute approximate surface area is 342 Å². The van der Waals surface area contributed by atoms with E-state index in [-0.39, 0.29) is 60.6 Å². The first kappa shape index (κ1) is 41.9. The molecule has 14 heteroatoms. The Balaban J connectivity index is 0.000000177. The highest BCUT2D eigenvalue weighted by molar-refractivity contribution is 5.93. The number of morpholine rings is 2. The Hall–Kier alpha value is -4.24. The first-order chi connectivity index (χ1) is 27.4. The maximum atomic E-state index is 12.4. The summed E-state index contributed by atoms with van der Waals surface area (Å²) in [5, 5.41) is 0. The SMILES string of the molecule is C[C@H]1Cc2cc([C@@H]3CN4CCN(C(=O)OC(C)(C)C)C[C@@H]4CO3)ccc2C(=O)O1.C[C@H]1Cc2cc([C@H]3CN4CCN(C(=O)OC(C)(C)C)C[C@@H]4CO3)ccc2C(=O)O1. The van der Waals surface area contributed by atoms with Crippen molar-refractivity contribution >= 4 is 24.1 Å². The van der Waals surface area contributed by atoms with E-state index in [0.717, 1.165) is 61.3 Å². The summed E-state index contributed by atoms with van der Waals surface area (Å²) in [5.74, 6) is -0.485.